The number of hydrogen-bond acceptors (Lipinski definition) is 2. The fraction of sp³-hybridized carbons (Fsp3) is 0.500. The highest BCUT2D eigenvalue weighted by molar-refractivity contribution is 6.44. The molecule has 0 spiro atoms. The lowest BCUT2D eigenvalue weighted by Gasteiger charge is -2.12. The molecule has 1 aromatic carbocycles. The van der Waals surface area contributed by atoms with Gasteiger partial charge in [-0.1, -0.05) is 34.8 Å². The molecule has 1 aliphatic heterocycles. The Morgan fingerprint density at radius 2 is 1.94 bits per heavy atom. The zero-order valence-electron chi connectivity index (χ0n) is 9.31. The van der Waals surface area contributed by atoms with Gasteiger partial charge in [0, 0.05) is 13.2 Å². The molecule has 2 nitrogen and oxygen atoms in total. The van der Waals surface area contributed by atoms with E-state index in [-0.39, 0.29) is 0 Å². The number of rotatable bonds is 4. The van der Waals surface area contributed by atoms with Crippen molar-refractivity contribution in [2.75, 3.05) is 18.5 Å². The van der Waals surface area contributed by atoms with Gasteiger partial charge in [0.25, 0.3) is 0 Å². The molecule has 1 N–H and O–H groups in total. The lowest BCUT2D eigenvalue weighted by atomic mass is 10.2. The number of halogens is 3. The van der Waals surface area contributed by atoms with Crippen LogP contribution in [0.5, 0.6) is 0 Å². The lowest BCUT2D eigenvalue weighted by Crippen LogP contribution is -2.12. The van der Waals surface area contributed by atoms with Crippen molar-refractivity contribution in [1.29, 1.82) is 0 Å². The molecule has 0 amide bonds. The van der Waals surface area contributed by atoms with E-state index < -0.39 is 0 Å². The second-order valence-corrected chi connectivity index (χ2v) is 5.32. The van der Waals surface area contributed by atoms with Crippen LogP contribution in [0.2, 0.25) is 15.1 Å². The van der Waals surface area contributed by atoms with Gasteiger partial charge in [-0.3, -0.25) is 0 Å². The van der Waals surface area contributed by atoms with Gasteiger partial charge in [0.05, 0.1) is 26.9 Å². The Morgan fingerprint density at radius 3 is 2.65 bits per heavy atom. The lowest BCUT2D eigenvalue weighted by molar-refractivity contribution is 0.107. The third-order valence-electron chi connectivity index (χ3n) is 2.82. The van der Waals surface area contributed by atoms with E-state index in [1.54, 1.807) is 12.1 Å². The molecule has 1 aromatic rings. The average Bonchev–Trinajstić information content (AvgIpc) is 2.78. The van der Waals surface area contributed by atoms with Crippen molar-refractivity contribution >= 4 is 40.5 Å². The summed E-state index contributed by atoms with van der Waals surface area (Å²) in [5.74, 6) is 0. The van der Waals surface area contributed by atoms with E-state index in [2.05, 4.69) is 5.32 Å². The Kier molecular flexibility index (Phi) is 4.80. The molecule has 1 saturated heterocycles. The second kappa shape index (κ2) is 6.14. The summed E-state index contributed by atoms with van der Waals surface area (Å²) in [4.78, 5) is 0. The van der Waals surface area contributed by atoms with E-state index in [9.17, 15) is 0 Å². The fourth-order valence-electron chi connectivity index (χ4n) is 1.90. The van der Waals surface area contributed by atoms with E-state index in [1.165, 1.54) is 0 Å². The quantitative estimate of drug-likeness (QED) is 0.818. The van der Waals surface area contributed by atoms with Gasteiger partial charge in [0.1, 0.15) is 0 Å². The van der Waals surface area contributed by atoms with Crippen LogP contribution in [0, 0.1) is 0 Å². The van der Waals surface area contributed by atoms with E-state index in [0.29, 0.717) is 21.2 Å². The summed E-state index contributed by atoms with van der Waals surface area (Å²) in [5.41, 5.74) is 0.819. The maximum Gasteiger partial charge on any atom is 0.0653 e. The molecule has 1 heterocycles. The molecule has 2 rings (SSSR count). The molecular formula is C12H14Cl3NO. The minimum Gasteiger partial charge on any atom is -0.384 e. The van der Waals surface area contributed by atoms with Crippen LogP contribution in [0.25, 0.3) is 0 Å². The molecule has 1 unspecified atom stereocenters. The van der Waals surface area contributed by atoms with Crippen LogP contribution in [0.4, 0.5) is 5.69 Å². The standard InChI is InChI=1S/C12H14Cl3NO/c13-9-6-11(15)12(7-10(9)14)16-4-3-8-2-1-5-17-8/h6-8,16H,1-5H2. The first kappa shape index (κ1) is 13.3. The summed E-state index contributed by atoms with van der Waals surface area (Å²) in [5, 5.41) is 4.83. The Labute approximate surface area is 116 Å². The van der Waals surface area contributed by atoms with Crippen LogP contribution in [0.15, 0.2) is 12.1 Å². The molecule has 1 fully saturated rings. The highest BCUT2D eigenvalue weighted by atomic mass is 35.5. The van der Waals surface area contributed by atoms with Gasteiger partial charge in [0.2, 0.25) is 0 Å². The molecule has 0 saturated carbocycles. The van der Waals surface area contributed by atoms with Gasteiger partial charge in [-0.25, -0.2) is 0 Å². The number of anilines is 1. The van der Waals surface area contributed by atoms with E-state index in [1.807, 2.05) is 0 Å². The number of hydrogen-bond donors (Lipinski definition) is 1. The number of nitrogens with one attached hydrogen (secondary N) is 1. The van der Waals surface area contributed by atoms with Crippen molar-refractivity contribution in [2.24, 2.45) is 0 Å². The molecule has 1 atom stereocenters. The van der Waals surface area contributed by atoms with Crippen molar-refractivity contribution in [1.82, 2.24) is 0 Å². The van der Waals surface area contributed by atoms with Crippen molar-refractivity contribution in [2.45, 2.75) is 25.4 Å². The van der Waals surface area contributed by atoms with E-state index in [0.717, 1.165) is 38.1 Å². The third kappa shape index (κ3) is 3.65. The highest BCUT2D eigenvalue weighted by Gasteiger charge is 2.15. The van der Waals surface area contributed by atoms with Crippen LogP contribution in [0.1, 0.15) is 19.3 Å². The Morgan fingerprint density at radius 1 is 1.18 bits per heavy atom. The predicted octanol–water partition coefficient (Wildman–Crippen LogP) is 4.63. The molecule has 0 aliphatic carbocycles. The molecule has 0 aromatic heterocycles. The summed E-state index contributed by atoms with van der Waals surface area (Å²) in [7, 11) is 0. The topological polar surface area (TPSA) is 21.3 Å². The van der Waals surface area contributed by atoms with E-state index in [4.69, 9.17) is 39.5 Å². The molecule has 1 aliphatic rings. The van der Waals surface area contributed by atoms with Crippen molar-refractivity contribution < 1.29 is 4.74 Å². The highest BCUT2D eigenvalue weighted by Crippen LogP contribution is 2.32. The Balaban J connectivity index is 1.87. The Bertz CT molecular complexity index is 392. The first-order valence-corrected chi connectivity index (χ1v) is 6.80. The summed E-state index contributed by atoms with van der Waals surface area (Å²) < 4.78 is 5.54. The molecule has 5 heteroatoms. The van der Waals surface area contributed by atoms with E-state index >= 15 is 0 Å². The van der Waals surface area contributed by atoms with Gasteiger partial charge in [0.15, 0.2) is 0 Å². The molecule has 94 valence electrons. The zero-order chi connectivity index (χ0) is 12.3. The zero-order valence-corrected chi connectivity index (χ0v) is 11.6. The van der Waals surface area contributed by atoms with Crippen molar-refractivity contribution in [3.05, 3.63) is 27.2 Å². The van der Waals surface area contributed by atoms with Crippen LogP contribution < -0.4 is 5.32 Å². The van der Waals surface area contributed by atoms with Gasteiger partial charge >= 0.3 is 0 Å². The normalized spacial score (nSPS) is 19.6. The predicted molar refractivity (Wildman–Crippen MR) is 73.6 cm³/mol. The SMILES string of the molecule is Clc1cc(Cl)c(NCCC2CCCO2)cc1Cl. The maximum atomic E-state index is 6.06. The smallest absolute Gasteiger partial charge is 0.0653 e. The van der Waals surface area contributed by atoms with Gasteiger partial charge in [-0.15, -0.1) is 0 Å². The average molecular weight is 295 g/mol. The summed E-state index contributed by atoms with van der Waals surface area (Å²) in [6.07, 6.45) is 3.68. The molecule has 17 heavy (non-hydrogen) atoms. The monoisotopic (exact) mass is 293 g/mol. The van der Waals surface area contributed by atoms with Gasteiger partial charge < -0.3 is 10.1 Å². The largest absolute Gasteiger partial charge is 0.384 e. The fourth-order valence-corrected chi connectivity index (χ4v) is 2.51. The van der Waals surface area contributed by atoms with Crippen LogP contribution in [0.3, 0.4) is 0 Å². The summed E-state index contributed by atoms with van der Waals surface area (Å²) in [6, 6.07) is 3.40. The Hall–Kier alpha value is -0.150. The van der Waals surface area contributed by atoms with Crippen LogP contribution in [-0.4, -0.2) is 19.3 Å². The van der Waals surface area contributed by atoms with Crippen LogP contribution in [-0.2, 0) is 4.74 Å². The van der Waals surface area contributed by atoms with Crippen molar-refractivity contribution in [3.8, 4) is 0 Å². The van der Waals surface area contributed by atoms with Crippen LogP contribution >= 0.6 is 34.8 Å². The second-order valence-electron chi connectivity index (χ2n) is 4.10. The van der Waals surface area contributed by atoms with Gasteiger partial charge in [-0.05, 0) is 31.4 Å². The number of ether oxygens (including phenoxy) is 1. The first-order chi connectivity index (χ1) is 8.16. The molecule has 0 radical (unpaired) electrons. The number of benzene rings is 1. The first-order valence-electron chi connectivity index (χ1n) is 5.67. The maximum absolute atomic E-state index is 6.06. The van der Waals surface area contributed by atoms with Crippen molar-refractivity contribution in [3.63, 3.8) is 0 Å². The summed E-state index contributed by atoms with van der Waals surface area (Å²) in [6.45, 7) is 1.71. The molecule has 0 bridgehead atoms. The summed E-state index contributed by atoms with van der Waals surface area (Å²) >= 11 is 17.9. The van der Waals surface area contributed by atoms with Gasteiger partial charge in [-0.2, -0.15) is 0 Å². The minimum absolute atomic E-state index is 0.379. The molecular weight excluding hydrogens is 280 g/mol. The third-order valence-corrected chi connectivity index (χ3v) is 3.85. The minimum atomic E-state index is 0.379.